The van der Waals surface area contributed by atoms with Gasteiger partial charge in [-0.15, -0.1) is 0 Å². The summed E-state index contributed by atoms with van der Waals surface area (Å²) in [5, 5.41) is 13.5. The number of carbonyl (C=O) groups excluding carboxylic acids is 2. The van der Waals surface area contributed by atoms with Crippen LogP contribution in [0.2, 0.25) is 0 Å². The lowest BCUT2D eigenvalue weighted by Gasteiger charge is -2.41. The number of alkyl halides is 3. The summed E-state index contributed by atoms with van der Waals surface area (Å²) in [6.07, 6.45) is -1.52. The van der Waals surface area contributed by atoms with Crippen LogP contribution < -0.4 is 5.32 Å². The van der Waals surface area contributed by atoms with E-state index in [2.05, 4.69) is 5.32 Å². The van der Waals surface area contributed by atoms with E-state index in [1.54, 1.807) is 18.7 Å². The second-order valence-electron chi connectivity index (χ2n) is 12.8. The maximum Gasteiger partial charge on any atom is 0.416 e. The van der Waals surface area contributed by atoms with Gasteiger partial charge in [-0.05, 0) is 52.5 Å². The Labute approximate surface area is 256 Å². The molecule has 44 heavy (non-hydrogen) atoms. The molecule has 0 aromatic rings. The van der Waals surface area contributed by atoms with Gasteiger partial charge in [0.05, 0.1) is 49.2 Å². The molecule has 2 amide bonds. The zero-order valence-corrected chi connectivity index (χ0v) is 26.0. The Balaban J connectivity index is 1.29. The van der Waals surface area contributed by atoms with Gasteiger partial charge in [0.2, 0.25) is 5.91 Å². The van der Waals surface area contributed by atoms with E-state index in [4.69, 9.17) is 23.7 Å². The van der Waals surface area contributed by atoms with Crippen LogP contribution in [-0.4, -0.2) is 109 Å². The molecule has 0 aromatic carbocycles. The van der Waals surface area contributed by atoms with Crippen LogP contribution in [0.1, 0.15) is 53.9 Å². The molecule has 10 nitrogen and oxygen atoms in total. The van der Waals surface area contributed by atoms with E-state index in [-0.39, 0.29) is 24.3 Å². The van der Waals surface area contributed by atoms with Crippen molar-refractivity contribution in [3.8, 4) is 0 Å². The molecule has 0 radical (unpaired) electrons. The van der Waals surface area contributed by atoms with Crippen LogP contribution in [0.5, 0.6) is 0 Å². The first-order valence-corrected chi connectivity index (χ1v) is 15.2. The molecule has 1 spiro atoms. The molecule has 8 atom stereocenters. The van der Waals surface area contributed by atoms with Gasteiger partial charge in [0.15, 0.2) is 0 Å². The minimum Gasteiger partial charge on any atom is -0.442 e. The minimum atomic E-state index is -4.61. The predicted molar refractivity (Wildman–Crippen MR) is 154 cm³/mol. The lowest BCUT2D eigenvalue weighted by molar-refractivity contribution is -0.171. The van der Waals surface area contributed by atoms with E-state index in [0.29, 0.717) is 45.8 Å². The van der Waals surface area contributed by atoms with E-state index in [9.17, 15) is 27.9 Å². The number of epoxide rings is 1. The molecular weight excluding hydrogens is 585 g/mol. The van der Waals surface area contributed by atoms with E-state index in [1.165, 1.54) is 18.2 Å². The number of aliphatic hydroxyl groups excluding tert-OH is 1. The molecule has 4 rings (SSSR count). The number of allylic oxidation sites excluding steroid dienone is 2. The summed E-state index contributed by atoms with van der Waals surface area (Å²) >= 11 is 0. The zero-order valence-electron chi connectivity index (χ0n) is 26.0. The Morgan fingerprint density at radius 2 is 1.86 bits per heavy atom. The fourth-order valence-electron chi connectivity index (χ4n) is 6.01. The normalized spacial score (nSPS) is 35.2. The number of hydrogen-bond acceptors (Lipinski definition) is 8. The molecule has 4 saturated heterocycles. The topological polar surface area (TPSA) is 119 Å². The lowest BCUT2D eigenvalue weighted by Crippen LogP contribution is -2.53. The monoisotopic (exact) mass is 630 g/mol. The first kappa shape index (κ1) is 34.4. The number of aliphatic hydroxyl groups is 1. The quantitative estimate of drug-likeness (QED) is 0.236. The number of morpholine rings is 1. The van der Waals surface area contributed by atoms with Crippen molar-refractivity contribution < 1.29 is 51.6 Å². The third kappa shape index (κ3) is 9.06. The maximum atomic E-state index is 13.9. The third-order valence-corrected chi connectivity index (χ3v) is 8.53. The molecule has 0 bridgehead atoms. The number of hydrogen-bond donors (Lipinski definition) is 2. The van der Waals surface area contributed by atoms with Crippen molar-refractivity contribution in [2.45, 2.75) is 108 Å². The van der Waals surface area contributed by atoms with Crippen LogP contribution in [0.4, 0.5) is 18.0 Å². The molecule has 2 N–H and O–H groups in total. The second-order valence-corrected chi connectivity index (χ2v) is 12.8. The molecule has 13 heteroatoms. The summed E-state index contributed by atoms with van der Waals surface area (Å²) in [6.45, 7) is 11.1. The lowest BCUT2D eigenvalue weighted by atomic mass is 9.83. The Morgan fingerprint density at radius 1 is 1.18 bits per heavy atom. The highest BCUT2D eigenvalue weighted by atomic mass is 19.4. The number of halogens is 3. The van der Waals surface area contributed by atoms with Gasteiger partial charge in [0, 0.05) is 25.6 Å². The minimum absolute atomic E-state index is 0.0178. The second kappa shape index (κ2) is 13.9. The SMILES string of the molecule is C[C@@H](C=CC(=O)NC1C[C@H](C)[C@H](CC=C(C=C[C@H]2OC(C)(C)C[C@@]3(CO3)[C@@H]2O)C(F)(F)F)O[C@@H]1C)OC(=O)N1CCOCC1. The van der Waals surface area contributed by atoms with Crippen molar-refractivity contribution in [3.05, 3.63) is 36.0 Å². The number of ether oxygens (including phenoxy) is 5. The van der Waals surface area contributed by atoms with E-state index < -0.39 is 59.6 Å². The molecule has 248 valence electrons. The average molecular weight is 631 g/mol. The van der Waals surface area contributed by atoms with Crippen LogP contribution >= 0.6 is 0 Å². The van der Waals surface area contributed by atoms with E-state index in [0.717, 1.165) is 12.2 Å². The molecule has 1 unspecified atom stereocenters. The van der Waals surface area contributed by atoms with Crippen molar-refractivity contribution in [2.24, 2.45) is 5.92 Å². The Hall–Kier alpha value is -2.45. The number of nitrogens with one attached hydrogen (secondary N) is 1. The molecule has 0 aromatic heterocycles. The Kier molecular flexibility index (Phi) is 10.9. The van der Waals surface area contributed by atoms with Crippen LogP contribution in [0.25, 0.3) is 0 Å². The van der Waals surface area contributed by atoms with Crippen molar-refractivity contribution >= 4 is 12.0 Å². The zero-order chi connectivity index (χ0) is 32.3. The summed E-state index contributed by atoms with van der Waals surface area (Å²) in [4.78, 5) is 26.3. The van der Waals surface area contributed by atoms with Gasteiger partial charge in [-0.2, -0.15) is 13.2 Å². The highest BCUT2D eigenvalue weighted by Gasteiger charge is 2.60. The molecule has 4 fully saturated rings. The highest BCUT2D eigenvalue weighted by Crippen LogP contribution is 2.46. The standard InChI is InChI=1S/C31H45F3N2O8/c1-19-16-23(35-26(37)11-6-20(2)42-28(39)36-12-14-40-15-13-36)21(3)43-24(19)9-7-22(31(32,33)34)8-10-25-27(38)30(18-41-30)17-29(4,5)44-25/h6-8,10-11,19-21,23-25,27,38H,9,12-18H2,1-5H3,(H,35,37)/t19-,20-,21+,23?,24-,25+,27+,30+/m0/s1. The van der Waals surface area contributed by atoms with Gasteiger partial charge in [-0.3, -0.25) is 4.79 Å². The fourth-order valence-corrected chi connectivity index (χ4v) is 6.01. The average Bonchev–Trinajstić information content (AvgIpc) is 3.71. The van der Waals surface area contributed by atoms with Gasteiger partial charge in [-0.1, -0.05) is 25.2 Å². The smallest absolute Gasteiger partial charge is 0.416 e. The van der Waals surface area contributed by atoms with Gasteiger partial charge in [-0.25, -0.2) is 4.79 Å². The molecule has 0 saturated carbocycles. The van der Waals surface area contributed by atoms with Crippen LogP contribution in [0, 0.1) is 5.92 Å². The van der Waals surface area contributed by atoms with Gasteiger partial charge >= 0.3 is 12.3 Å². The van der Waals surface area contributed by atoms with Crippen molar-refractivity contribution in [3.63, 3.8) is 0 Å². The van der Waals surface area contributed by atoms with Crippen molar-refractivity contribution in [2.75, 3.05) is 32.9 Å². The van der Waals surface area contributed by atoms with Gasteiger partial charge in [0.25, 0.3) is 0 Å². The fraction of sp³-hybridized carbons (Fsp3) is 0.742. The number of carbonyl (C=O) groups is 2. The Bertz CT molecular complexity index is 1110. The largest absolute Gasteiger partial charge is 0.442 e. The van der Waals surface area contributed by atoms with Crippen LogP contribution in [-0.2, 0) is 28.5 Å². The summed E-state index contributed by atoms with van der Waals surface area (Å²) in [5.74, 6) is -0.525. The van der Waals surface area contributed by atoms with E-state index >= 15 is 0 Å². The number of nitrogens with zero attached hydrogens (tertiary/aromatic N) is 1. The van der Waals surface area contributed by atoms with Crippen molar-refractivity contribution in [1.29, 1.82) is 0 Å². The molecule has 0 aliphatic carbocycles. The first-order chi connectivity index (χ1) is 20.6. The first-order valence-electron chi connectivity index (χ1n) is 15.2. The van der Waals surface area contributed by atoms with Crippen LogP contribution in [0.3, 0.4) is 0 Å². The van der Waals surface area contributed by atoms with E-state index in [1.807, 2.05) is 20.8 Å². The van der Waals surface area contributed by atoms with Gasteiger partial charge < -0.3 is 39.0 Å². The van der Waals surface area contributed by atoms with Gasteiger partial charge in [0.1, 0.15) is 23.9 Å². The predicted octanol–water partition coefficient (Wildman–Crippen LogP) is 3.83. The van der Waals surface area contributed by atoms with Crippen LogP contribution in [0.15, 0.2) is 36.0 Å². The maximum absolute atomic E-state index is 13.9. The summed E-state index contributed by atoms with van der Waals surface area (Å²) in [5.41, 5.74) is -2.27. The number of rotatable bonds is 8. The highest BCUT2D eigenvalue weighted by molar-refractivity contribution is 5.87. The van der Waals surface area contributed by atoms with Crippen molar-refractivity contribution in [1.82, 2.24) is 10.2 Å². The molecule has 4 aliphatic rings. The molecule has 4 aliphatic heterocycles. The third-order valence-electron chi connectivity index (χ3n) is 8.53. The molecular formula is C31H45F3N2O8. The summed E-state index contributed by atoms with van der Waals surface area (Å²) in [7, 11) is 0. The summed E-state index contributed by atoms with van der Waals surface area (Å²) in [6, 6.07) is -0.346. The Morgan fingerprint density at radius 3 is 2.50 bits per heavy atom. The number of amides is 2. The summed E-state index contributed by atoms with van der Waals surface area (Å²) < 4.78 is 69.8. The molecule has 4 heterocycles.